The van der Waals surface area contributed by atoms with Crippen LogP contribution in [0.3, 0.4) is 0 Å². The molecule has 0 aliphatic heterocycles. The fraction of sp³-hybridized carbons (Fsp3) is 0.417. The summed E-state index contributed by atoms with van der Waals surface area (Å²) in [7, 11) is 1.90. The number of carbonyl (C=O) groups is 1. The first kappa shape index (κ1) is 22.6. The normalized spacial score (nSPS) is 15.8. The van der Waals surface area contributed by atoms with E-state index in [1.165, 1.54) is 16.6 Å². The molecule has 0 saturated carbocycles. The van der Waals surface area contributed by atoms with Gasteiger partial charge < -0.3 is 9.88 Å². The number of thiophene rings is 1. The molecule has 166 valence electrons. The summed E-state index contributed by atoms with van der Waals surface area (Å²) in [6.07, 6.45) is 2.97. The number of carbonyl (C=O) groups excluding carboxylic acids is 1. The van der Waals surface area contributed by atoms with Crippen molar-refractivity contribution in [3.63, 3.8) is 0 Å². The molecule has 2 aromatic heterocycles. The SMILES string of the molecule is Cn1c(SCC(=O)Nc2sc3c(c2C#N)CC[C@@H](C(C)(C)C)C3)nnc1-c1ccccc1. The van der Waals surface area contributed by atoms with Crippen molar-refractivity contribution in [3.05, 3.63) is 46.3 Å². The van der Waals surface area contributed by atoms with Crippen LogP contribution in [0.1, 0.15) is 43.2 Å². The Balaban J connectivity index is 1.43. The zero-order chi connectivity index (χ0) is 22.9. The van der Waals surface area contributed by atoms with Crippen LogP contribution in [0.2, 0.25) is 0 Å². The Bertz CT molecular complexity index is 1170. The van der Waals surface area contributed by atoms with Gasteiger partial charge in [0.2, 0.25) is 5.91 Å². The first-order valence-electron chi connectivity index (χ1n) is 10.7. The lowest BCUT2D eigenvalue weighted by molar-refractivity contribution is -0.113. The van der Waals surface area contributed by atoms with Gasteiger partial charge in [-0.05, 0) is 36.2 Å². The molecule has 2 heterocycles. The van der Waals surface area contributed by atoms with Crippen molar-refractivity contribution in [2.75, 3.05) is 11.1 Å². The Morgan fingerprint density at radius 1 is 1.31 bits per heavy atom. The number of nitrogens with zero attached hydrogens (tertiary/aromatic N) is 4. The van der Waals surface area contributed by atoms with Gasteiger partial charge in [-0.15, -0.1) is 21.5 Å². The van der Waals surface area contributed by atoms with Crippen LogP contribution in [0.4, 0.5) is 5.00 Å². The third-order valence-electron chi connectivity index (χ3n) is 6.05. The van der Waals surface area contributed by atoms with Gasteiger partial charge in [0.1, 0.15) is 11.1 Å². The van der Waals surface area contributed by atoms with Gasteiger partial charge in [-0.1, -0.05) is 62.9 Å². The fourth-order valence-corrected chi connectivity index (χ4v) is 6.11. The monoisotopic (exact) mass is 465 g/mol. The van der Waals surface area contributed by atoms with Crippen molar-refractivity contribution in [3.8, 4) is 17.5 Å². The topological polar surface area (TPSA) is 83.6 Å². The average Bonchev–Trinajstić information content (AvgIpc) is 3.31. The maximum atomic E-state index is 12.7. The summed E-state index contributed by atoms with van der Waals surface area (Å²) in [6, 6.07) is 12.2. The van der Waals surface area contributed by atoms with E-state index in [9.17, 15) is 10.1 Å². The van der Waals surface area contributed by atoms with Crippen LogP contribution in [-0.4, -0.2) is 26.4 Å². The molecule has 3 aromatic rings. The second kappa shape index (κ2) is 9.08. The highest BCUT2D eigenvalue weighted by molar-refractivity contribution is 7.99. The first-order chi connectivity index (χ1) is 15.3. The number of nitrogens with one attached hydrogen (secondary N) is 1. The molecule has 0 bridgehead atoms. The van der Waals surface area contributed by atoms with E-state index in [2.05, 4.69) is 42.4 Å². The lowest BCUT2D eigenvalue weighted by Crippen LogP contribution is -2.26. The number of nitriles is 1. The standard InChI is InChI=1S/C24H27N5OS2/c1-24(2,3)16-10-11-17-18(13-25)22(32-19(17)12-16)26-20(30)14-31-23-28-27-21(29(23)4)15-8-6-5-7-9-15/h5-9,16H,10-12,14H2,1-4H3,(H,26,30)/t16-/m1/s1. The van der Waals surface area contributed by atoms with E-state index in [1.54, 1.807) is 11.3 Å². The quantitative estimate of drug-likeness (QED) is 0.517. The molecule has 0 unspecified atom stereocenters. The van der Waals surface area contributed by atoms with Crippen molar-refractivity contribution in [1.29, 1.82) is 5.26 Å². The number of amides is 1. The van der Waals surface area contributed by atoms with Crippen LogP contribution < -0.4 is 5.32 Å². The van der Waals surface area contributed by atoms with Crippen molar-refractivity contribution in [2.24, 2.45) is 18.4 Å². The Morgan fingerprint density at radius 2 is 2.06 bits per heavy atom. The van der Waals surface area contributed by atoms with Crippen LogP contribution in [0.25, 0.3) is 11.4 Å². The predicted molar refractivity (Wildman–Crippen MR) is 130 cm³/mol. The predicted octanol–water partition coefficient (Wildman–Crippen LogP) is 5.30. The Labute approximate surface area is 197 Å². The zero-order valence-corrected chi connectivity index (χ0v) is 20.4. The molecule has 0 spiro atoms. The Kier molecular flexibility index (Phi) is 6.40. The Morgan fingerprint density at radius 3 is 2.75 bits per heavy atom. The molecule has 8 heteroatoms. The van der Waals surface area contributed by atoms with Crippen LogP contribution >= 0.6 is 23.1 Å². The summed E-state index contributed by atoms with van der Waals surface area (Å²) in [5.74, 6) is 1.43. The lowest BCUT2D eigenvalue weighted by Gasteiger charge is -2.33. The summed E-state index contributed by atoms with van der Waals surface area (Å²) in [6.45, 7) is 6.82. The smallest absolute Gasteiger partial charge is 0.235 e. The van der Waals surface area contributed by atoms with E-state index in [0.717, 1.165) is 36.2 Å². The fourth-order valence-electron chi connectivity index (χ4n) is 4.10. The molecule has 6 nitrogen and oxygen atoms in total. The van der Waals surface area contributed by atoms with Crippen molar-refractivity contribution in [1.82, 2.24) is 14.8 Å². The molecule has 0 radical (unpaired) electrons. The van der Waals surface area contributed by atoms with Gasteiger partial charge in [-0.3, -0.25) is 4.79 Å². The van der Waals surface area contributed by atoms with Gasteiger partial charge in [0.05, 0.1) is 11.3 Å². The van der Waals surface area contributed by atoms with Gasteiger partial charge in [-0.2, -0.15) is 5.26 Å². The van der Waals surface area contributed by atoms with E-state index < -0.39 is 0 Å². The number of fused-ring (bicyclic) bond motifs is 1. The van der Waals surface area contributed by atoms with Crippen molar-refractivity contribution >= 4 is 34.0 Å². The first-order valence-corrected chi connectivity index (χ1v) is 12.5. The van der Waals surface area contributed by atoms with Crippen LogP contribution in [0.5, 0.6) is 0 Å². The summed E-state index contributed by atoms with van der Waals surface area (Å²) >= 11 is 2.91. The van der Waals surface area contributed by atoms with Gasteiger partial charge in [0.25, 0.3) is 0 Å². The van der Waals surface area contributed by atoms with E-state index in [1.807, 2.05) is 41.9 Å². The van der Waals surface area contributed by atoms with E-state index in [-0.39, 0.29) is 17.1 Å². The number of thioether (sulfide) groups is 1. The molecular formula is C24H27N5OS2. The zero-order valence-electron chi connectivity index (χ0n) is 18.8. The summed E-state index contributed by atoms with van der Waals surface area (Å²) in [4.78, 5) is 13.9. The molecule has 1 aromatic carbocycles. The van der Waals surface area contributed by atoms with Crippen molar-refractivity contribution < 1.29 is 4.79 Å². The molecule has 1 aliphatic rings. The molecule has 1 amide bonds. The second-order valence-corrected chi connectivity index (χ2v) is 11.2. The minimum absolute atomic E-state index is 0.137. The number of benzene rings is 1. The van der Waals surface area contributed by atoms with E-state index in [0.29, 0.717) is 21.6 Å². The summed E-state index contributed by atoms with van der Waals surface area (Å²) in [5, 5.41) is 22.6. The van der Waals surface area contributed by atoms with Crippen LogP contribution in [-0.2, 0) is 24.7 Å². The minimum atomic E-state index is -0.137. The highest BCUT2D eigenvalue weighted by atomic mass is 32.2. The number of rotatable bonds is 5. The van der Waals surface area contributed by atoms with Crippen LogP contribution in [0.15, 0.2) is 35.5 Å². The van der Waals surface area contributed by atoms with Gasteiger partial charge in [0.15, 0.2) is 11.0 Å². The Hall–Kier alpha value is -2.63. The van der Waals surface area contributed by atoms with Gasteiger partial charge in [0, 0.05) is 17.5 Å². The number of aromatic nitrogens is 3. The summed E-state index contributed by atoms with van der Waals surface area (Å²) < 4.78 is 1.89. The highest BCUT2D eigenvalue weighted by Crippen LogP contribution is 2.44. The number of hydrogen-bond donors (Lipinski definition) is 1. The molecule has 0 saturated heterocycles. The number of anilines is 1. The third-order valence-corrected chi connectivity index (χ3v) is 8.24. The highest BCUT2D eigenvalue weighted by Gasteiger charge is 2.32. The maximum absolute atomic E-state index is 12.7. The molecule has 32 heavy (non-hydrogen) atoms. The lowest BCUT2D eigenvalue weighted by atomic mass is 9.72. The molecular weight excluding hydrogens is 438 g/mol. The largest absolute Gasteiger partial charge is 0.316 e. The van der Waals surface area contributed by atoms with E-state index in [4.69, 9.17) is 0 Å². The maximum Gasteiger partial charge on any atom is 0.235 e. The molecule has 1 aliphatic carbocycles. The number of hydrogen-bond acceptors (Lipinski definition) is 6. The van der Waals surface area contributed by atoms with E-state index >= 15 is 0 Å². The molecule has 1 N–H and O–H groups in total. The average molecular weight is 466 g/mol. The van der Waals surface area contributed by atoms with Crippen LogP contribution in [0, 0.1) is 22.7 Å². The second-order valence-electron chi connectivity index (χ2n) is 9.19. The summed E-state index contributed by atoms with van der Waals surface area (Å²) in [5.41, 5.74) is 2.99. The van der Waals surface area contributed by atoms with Gasteiger partial charge in [-0.25, -0.2) is 0 Å². The third kappa shape index (κ3) is 4.59. The molecule has 0 fully saturated rings. The van der Waals surface area contributed by atoms with Gasteiger partial charge >= 0.3 is 0 Å². The minimum Gasteiger partial charge on any atom is -0.316 e. The molecule has 4 rings (SSSR count). The van der Waals surface area contributed by atoms with Crippen molar-refractivity contribution in [2.45, 2.75) is 45.2 Å². The molecule has 1 atom stereocenters.